The predicted molar refractivity (Wildman–Crippen MR) is 154 cm³/mol. The third-order valence-corrected chi connectivity index (χ3v) is 7.16. The lowest BCUT2D eigenvalue weighted by Crippen LogP contribution is -2.42. The Kier molecular flexibility index (Phi) is 8.31. The summed E-state index contributed by atoms with van der Waals surface area (Å²) in [7, 11) is 0. The lowest BCUT2D eigenvalue weighted by atomic mass is 10.1. The van der Waals surface area contributed by atoms with Crippen molar-refractivity contribution in [1.29, 1.82) is 0 Å². The standard InChI is InChI=1S/C30H28Cl2N4O3/c1-20-8-14-23(15-9-20)36-18-27(21-10-12-22(31)13-11-21)33-30(36)34-28(37)19-35(17-24-5-4-16-39-24)29(38)25-6-2-3-7-26(25)32/h2-3,6-15,18,24H,4-5,16-17,19H2,1H3,(H,33,34,37)/t24-/m0/s1. The molecule has 2 amide bonds. The normalized spacial score (nSPS) is 14.8. The molecule has 5 rings (SSSR count). The highest BCUT2D eigenvalue weighted by atomic mass is 35.5. The largest absolute Gasteiger partial charge is 0.376 e. The molecular weight excluding hydrogens is 535 g/mol. The van der Waals surface area contributed by atoms with Crippen LogP contribution in [0.25, 0.3) is 16.9 Å². The molecule has 0 bridgehead atoms. The van der Waals surface area contributed by atoms with Crippen LogP contribution in [0.5, 0.6) is 0 Å². The highest BCUT2D eigenvalue weighted by Crippen LogP contribution is 2.26. The van der Waals surface area contributed by atoms with Crippen molar-refractivity contribution in [3.63, 3.8) is 0 Å². The number of benzene rings is 3. The average molecular weight is 563 g/mol. The molecule has 1 saturated heterocycles. The van der Waals surface area contributed by atoms with Crippen molar-refractivity contribution >= 4 is 41.0 Å². The van der Waals surface area contributed by atoms with Gasteiger partial charge in [-0.05, 0) is 56.2 Å². The Bertz CT molecular complexity index is 1460. The fraction of sp³-hybridized carbons (Fsp3) is 0.233. The Morgan fingerprint density at radius 1 is 1.05 bits per heavy atom. The van der Waals surface area contributed by atoms with E-state index in [1.54, 1.807) is 36.4 Å². The molecule has 1 aliphatic heterocycles. The van der Waals surface area contributed by atoms with Crippen molar-refractivity contribution in [2.75, 3.05) is 25.0 Å². The van der Waals surface area contributed by atoms with Gasteiger partial charge in [-0.1, -0.05) is 65.2 Å². The van der Waals surface area contributed by atoms with Gasteiger partial charge in [0.05, 0.1) is 22.4 Å². The maximum Gasteiger partial charge on any atom is 0.255 e. The second-order valence-corrected chi connectivity index (χ2v) is 10.4. The van der Waals surface area contributed by atoms with E-state index < -0.39 is 0 Å². The number of hydrogen-bond acceptors (Lipinski definition) is 4. The summed E-state index contributed by atoms with van der Waals surface area (Å²) >= 11 is 12.4. The van der Waals surface area contributed by atoms with Gasteiger partial charge in [0, 0.05) is 35.6 Å². The fourth-order valence-corrected chi connectivity index (χ4v) is 4.87. The molecular formula is C30H28Cl2N4O3. The molecule has 1 aromatic heterocycles. The monoisotopic (exact) mass is 562 g/mol. The minimum absolute atomic E-state index is 0.129. The highest BCUT2D eigenvalue weighted by Gasteiger charge is 2.27. The van der Waals surface area contributed by atoms with Crippen molar-refractivity contribution in [2.24, 2.45) is 0 Å². The van der Waals surface area contributed by atoms with Gasteiger partial charge < -0.3 is 9.64 Å². The molecule has 0 radical (unpaired) electrons. The summed E-state index contributed by atoms with van der Waals surface area (Å²) in [4.78, 5) is 33.1. The Morgan fingerprint density at radius 2 is 1.79 bits per heavy atom. The number of rotatable bonds is 8. The van der Waals surface area contributed by atoms with Crippen LogP contribution in [0.1, 0.15) is 28.8 Å². The van der Waals surface area contributed by atoms with E-state index in [1.165, 1.54) is 4.90 Å². The number of carbonyl (C=O) groups excluding carboxylic acids is 2. The Labute approximate surface area is 237 Å². The molecule has 0 aliphatic carbocycles. The van der Waals surface area contributed by atoms with Crippen LogP contribution < -0.4 is 5.32 Å². The minimum atomic E-state index is -0.380. The molecule has 0 spiro atoms. The van der Waals surface area contributed by atoms with Gasteiger partial charge in [-0.2, -0.15) is 0 Å². The van der Waals surface area contributed by atoms with E-state index >= 15 is 0 Å². The molecule has 4 aromatic rings. The molecule has 1 aliphatic rings. The van der Waals surface area contributed by atoms with Gasteiger partial charge in [-0.15, -0.1) is 0 Å². The summed E-state index contributed by atoms with van der Waals surface area (Å²) in [5.74, 6) is -0.360. The summed E-state index contributed by atoms with van der Waals surface area (Å²) < 4.78 is 7.58. The number of hydrogen-bond donors (Lipinski definition) is 1. The van der Waals surface area contributed by atoms with Crippen LogP contribution in [-0.4, -0.2) is 52.1 Å². The van der Waals surface area contributed by atoms with E-state index in [9.17, 15) is 9.59 Å². The number of imidazole rings is 1. The molecule has 1 fully saturated rings. The minimum Gasteiger partial charge on any atom is -0.376 e. The number of nitrogens with one attached hydrogen (secondary N) is 1. The third-order valence-electron chi connectivity index (χ3n) is 6.58. The number of carbonyl (C=O) groups is 2. The lowest BCUT2D eigenvalue weighted by Gasteiger charge is -2.25. The fourth-order valence-electron chi connectivity index (χ4n) is 4.53. The molecule has 0 saturated carbocycles. The molecule has 2 heterocycles. The first-order chi connectivity index (χ1) is 18.9. The number of anilines is 1. The van der Waals surface area contributed by atoms with Gasteiger partial charge in [-0.25, -0.2) is 4.98 Å². The van der Waals surface area contributed by atoms with Gasteiger partial charge in [0.1, 0.15) is 6.54 Å². The summed E-state index contributed by atoms with van der Waals surface area (Å²) in [6.07, 6.45) is 3.49. The Morgan fingerprint density at radius 3 is 2.49 bits per heavy atom. The van der Waals surface area contributed by atoms with Gasteiger partial charge in [0.2, 0.25) is 11.9 Å². The molecule has 1 atom stereocenters. The maximum absolute atomic E-state index is 13.5. The lowest BCUT2D eigenvalue weighted by molar-refractivity contribution is -0.117. The van der Waals surface area contributed by atoms with Crippen LogP contribution in [-0.2, 0) is 9.53 Å². The molecule has 39 heavy (non-hydrogen) atoms. The van der Waals surface area contributed by atoms with Crippen LogP contribution in [0, 0.1) is 6.92 Å². The van der Waals surface area contributed by atoms with Gasteiger partial charge >= 0.3 is 0 Å². The van der Waals surface area contributed by atoms with E-state index in [4.69, 9.17) is 32.9 Å². The first-order valence-electron chi connectivity index (χ1n) is 12.7. The molecule has 7 nitrogen and oxygen atoms in total. The Hall–Kier alpha value is -3.65. The van der Waals surface area contributed by atoms with Gasteiger partial charge in [-0.3, -0.25) is 19.5 Å². The number of aromatic nitrogens is 2. The molecule has 200 valence electrons. The molecule has 3 aromatic carbocycles. The molecule has 1 N–H and O–H groups in total. The topological polar surface area (TPSA) is 76.5 Å². The average Bonchev–Trinajstić information content (AvgIpc) is 3.59. The number of amides is 2. The maximum atomic E-state index is 13.5. The smallest absolute Gasteiger partial charge is 0.255 e. The zero-order valence-electron chi connectivity index (χ0n) is 21.4. The van der Waals surface area contributed by atoms with E-state index in [0.717, 1.165) is 29.7 Å². The first kappa shape index (κ1) is 26.9. The van der Waals surface area contributed by atoms with Crippen LogP contribution in [0.3, 0.4) is 0 Å². The van der Waals surface area contributed by atoms with Crippen molar-refractivity contribution in [1.82, 2.24) is 14.5 Å². The van der Waals surface area contributed by atoms with E-state index in [-0.39, 0.29) is 24.5 Å². The quantitative estimate of drug-likeness (QED) is 0.269. The summed E-state index contributed by atoms with van der Waals surface area (Å²) in [6.45, 7) is 2.77. The van der Waals surface area contributed by atoms with E-state index in [2.05, 4.69) is 5.32 Å². The van der Waals surface area contributed by atoms with Crippen molar-refractivity contribution in [2.45, 2.75) is 25.9 Å². The van der Waals surface area contributed by atoms with Crippen LogP contribution in [0.15, 0.2) is 79.0 Å². The van der Waals surface area contributed by atoms with Crippen LogP contribution >= 0.6 is 23.2 Å². The number of nitrogens with zero attached hydrogens (tertiary/aromatic N) is 3. The van der Waals surface area contributed by atoms with Crippen LogP contribution in [0.2, 0.25) is 10.0 Å². The van der Waals surface area contributed by atoms with E-state index in [1.807, 2.05) is 54.1 Å². The SMILES string of the molecule is Cc1ccc(-n2cc(-c3ccc(Cl)cc3)nc2NC(=O)CN(C[C@@H]2CCCO2)C(=O)c2ccccc2Cl)cc1. The predicted octanol–water partition coefficient (Wildman–Crippen LogP) is 6.41. The van der Waals surface area contributed by atoms with E-state index in [0.29, 0.717) is 40.4 Å². The van der Waals surface area contributed by atoms with Crippen LogP contribution in [0.4, 0.5) is 5.95 Å². The Balaban J connectivity index is 1.42. The summed E-state index contributed by atoms with van der Waals surface area (Å²) in [5.41, 5.74) is 3.83. The zero-order valence-corrected chi connectivity index (χ0v) is 23.0. The first-order valence-corrected chi connectivity index (χ1v) is 13.5. The highest BCUT2D eigenvalue weighted by molar-refractivity contribution is 6.33. The second kappa shape index (κ2) is 12.0. The summed E-state index contributed by atoms with van der Waals surface area (Å²) in [5, 5.41) is 3.88. The van der Waals surface area contributed by atoms with Crippen molar-refractivity contribution in [3.8, 4) is 16.9 Å². The zero-order chi connectivity index (χ0) is 27.4. The van der Waals surface area contributed by atoms with Crippen molar-refractivity contribution < 1.29 is 14.3 Å². The number of halogens is 2. The third kappa shape index (κ3) is 6.50. The van der Waals surface area contributed by atoms with Gasteiger partial charge in [0.15, 0.2) is 0 Å². The van der Waals surface area contributed by atoms with Gasteiger partial charge in [0.25, 0.3) is 5.91 Å². The number of aryl methyl sites for hydroxylation is 1. The van der Waals surface area contributed by atoms with Crippen molar-refractivity contribution in [3.05, 3.63) is 100 Å². The second-order valence-electron chi connectivity index (χ2n) is 9.51. The molecule has 9 heteroatoms. The summed E-state index contributed by atoms with van der Waals surface area (Å²) in [6, 6.07) is 22.1. The number of ether oxygens (including phenoxy) is 1. The molecule has 0 unspecified atom stereocenters.